The molecule has 2 N–H and O–H groups in total. The molecular formula is C18H18N4O. The van der Waals surface area contributed by atoms with Crippen LogP contribution in [-0.4, -0.2) is 29.0 Å². The fourth-order valence-corrected chi connectivity index (χ4v) is 2.99. The maximum atomic E-state index is 12.3. The van der Waals surface area contributed by atoms with Gasteiger partial charge in [-0.25, -0.2) is 4.98 Å². The molecule has 1 saturated heterocycles. The molecule has 0 saturated carbocycles. The van der Waals surface area contributed by atoms with Gasteiger partial charge in [0.2, 0.25) is 0 Å². The molecular weight excluding hydrogens is 288 g/mol. The van der Waals surface area contributed by atoms with E-state index in [-0.39, 0.29) is 5.91 Å². The number of hydrogen-bond donors (Lipinski definition) is 2. The molecule has 1 aliphatic heterocycles. The summed E-state index contributed by atoms with van der Waals surface area (Å²) in [6, 6.07) is 13.6. The van der Waals surface area contributed by atoms with Gasteiger partial charge in [-0.1, -0.05) is 18.2 Å². The number of carbonyl (C=O) groups is 1. The number of nitrogens with one attached hydrogen (secondary N) is 2. The summed E-state index contributed by atoms with van der Waals surface area (Å²) in [7, 11) is 0. The third-order valence-corrected chi connectivity index (χ3v) is 4.21. The van der Waals surface area contributed by atoms with Crippen molar-refractivity contribution >= 4 is 28.3 Å². The number of para-hydroxylation sites is 1. The van der Waals surface area contributed by atoms with Crippen LogP contribution in [0.5, 0.6) is 0 Å². The standard InChI is InChI=1S/C18H18N4O/c23-18(16-11-13-5-1-2-6-15(13)21-16)20-14-7-8-17(19-12-14)22-9-3-4-10-22/h1-2,5-8,11-12,21H,3-4,9-10H2,(H,20,23). The van der Waals surface area contributed by atoms with E-state index in [2.05, 4.69) is 20.2 Å². The molecule has 5 nitrogen and oxygen atoms in total. The van der Waals surface area contributed by atoms with E-state index in [9.17, 15) is 4.79 Å². The highest BCUT2D eigenvalue weighted by atomic mass is 16.1. The number of benzene rings is 1. The van der Waals surface area contributed by atoms with Crippen LogP contribution in [0.2, 0.25) is 0 Å². The Balaban J connectivity index is 1.49. The fourth-order valence-electron chi connectivity index (χ4n) is 2.99. The predicted octanol–water partition coefficient (Wildman–Crippen LogP) is 3.42. The fraction of sp³-hybridized carbons (Fsp3) is 0.222. The van der Waals surface area contributed by atoms with Crippen LogP contribution in [0.25, 0.3) is 10.9 Å². The molecule has 0 spiro atoms. The first-order chi connectivity index (χ1) is 11.3. The van der Waals surface area contributed by atoms with Crippen molar-refractivity contribution in [2.75, 3.05) is 23.3 Å². The summed E-state index contributed by atoms with van der Waals surface area (Å²) in [5.74, 6) is 0.822. The van der Waals surface area contributed by atoms with Crippen molar-refractivity contribution < 1.29 is 4.79 Å². The molecule has 0 unspecified atom stereocenters. The van der Waals surface area contributed by atoms with Crippen LogP contribution in [0, 0.1) is 0 Å². The Morgan fingerprint density at radius 2 is 1.96 bits per heavy atom. The summed E-state index contributed by atoms with van der Waals surface area (Å²) in [6.45, 7) is 2.13. The average molecular weight is 306 g/mol. The minimum atomic E-state index is -0.156. The van der Waals surface area contributed by atoms with Crippen LogP contribution in [0.4, 0.5) is 11.5 Å². The van der Waals surface area contributed by atoms with Gasteiger partial charge in [-0.2, -0.15) is 0 Å². The number of nitrogens with zero attached hydrogens (tertiary/aromatic N) is 2. The number of carbonyl (C=O) groups excluding carboxylic acids is 1. The maximum absolute atomic E-state index is 12.3. The zero-order chi connectivity index (χ0) is 15.6. The molecule has 2 aromatic heterocycles. The topological polar surface area (TPSA) is 61.0 Å². The Morgan fingerprint density at radius 1 is 1.13 bits per heavy atom. The van der Waals surface area contributed by atoms with E-state index in [0.29, 0.717) is 11.4 Å². The van der Waals surface area contributed by atoms with Gasteiger partial charge in [-0.3, -0.25) is 4.79 Å². The largest absolute Gasteiger partial charge is 0.357 e. The average Bonchev–Trinajstić information content (AvgIpc) is 3.25. The van der Waals surface area contributed by atoms with E-state index in [1.54, 1.807) is 6.20 Å². The van der Waals surface area contributed by atoms with Crippen LogP contribution in [0.15, 0.2) is 48.7 Å². The Labute approximate surface area is 134 Å². The first-order valence-electron chi connectivity index (χ1n) is 7.90. The Hall–Kier alpha value is -2.82. The highest BCUT2D eigenvalue weighted by molar-refractivity contribution is 6.05. The normalized spacial score (nSPS) is 14.3. The summed E-state index contributed by atoms with van der Waals surface area (Å²) < 4.78 is 0. The number of rotatable bonds is 3. The number of hydrogen-bond acceptors (Lipinski definition) is 3. The van der Waals surface area contributed by atoms with Gasteiger partial charge in [0, 0.05) is 24.0 Å². The quantitative estimate of drug-likeness (QED) is 0.779. The van der Waals surface area contributed by atoms with Gasteiger partial charge in [0.25, 0.3) is 5.91 Å². The van der Waals surface area contributed by atoms with E-state index >= 15 is 0 Å². The van der Waals surface area contributed by atoms with Crippen molar-refractivity contribution in [2.45, 2.75) is 12.8 Å². The summed E-state index contributed by atoms with van der Waals surface area (Å²) in [6.07, 6.45) is 4.16. The number of pyridine rings is 1. The second kappa shape index (κ2) is 5.76. The minimum Gasteiger partial charge on any atom is -0.357 e. The molecule has 3 aromatic rings. The minimum absolute atomic E-state index is 0.156. The van der Waals surface area contributed by atoms with E-state index in [1.165, 1.54) is 12.8 Å². The lowest BCUT2D eigenvalue weighted by atomic mass is 10.2. The van der Waals surface area contributed by atoms with Gasteiger partial charge >= 0.3 is 0 Å². The lowest BCUT2D eigenvalue weighted by Crippen LogP contribution is -2.19. The molecule has 23 heavy (non-hydrogen) atoms. The molecule has 5 heteroatoms. The lowest BCUT2D eigenvalue weighted by Gasteiger charge is -2.16. The number of aromatic nitrogens is 2. The number of fused-ring (bicyclic) bond motifs is 1. The molecule has 0 atom stereocenters. The molecule has 0 radical (unpaired) electrons. The van der Waals surface area contributed by atoms with E-state index < -0.39 is 0 Å². The van der Waals surface area contributed by atoms with Gasteiger partial charge in [0.1, 0.15) is 11.5 Å². The third kappa shape index (κ3) is 2.77. The summed E-state index contributed by atoms with van der Waals surface area (Å²) >= 11 is 0. The highest BCUT2D eigenvalue weighted by Crippen LogP contribution is 2.20. The lowest BCUT2D eigenvalue weighted by molar-refractivity contribution is 0.102. The van der Waals surface area contributed by atoms with Crippen LogP contribution < -0.4 is 10.2 Å². The van der Waals surface area contributed by atoms with Gasteiger partial charge in [-0.15, -0.1) is 0 Å². The van der Waals surface area contributed by atoms with E-state index in [1.807, 2.05) is 42.5 Å². The van der Waals surface area contributed by atoms with Gasteiger partial charge in [0.05, 0.1) is 11.9 Å². The molecule has 0 bridgehead atoms. The van der Waals surface area contributed by atoms with Crippen LogP contribution in [0.3, 0.4) is 0 Å². The van der Waals surface area contributed by atoms with E-state index in [4.69, 9.17) is 0 Å². The monoisotopic (exact) mass is 306 g/mol. The summed E-state index contributed by atoms with van der Waals surface area (Å²) in [4.78, 5) is 22.2. The highest BCUT2D eigenvalue weighted by Gasteiger charge is 2.14. The first kappa shape index (κ1) is 13.8. The molecule has 1 fully saturated rings. The summed E-state index contributed by atoms with van der Waals surface area (Å²) in [5, 5.41) is 3.91. The Morgan fingerprint density at radius 3 is 2.70 bits per heavy atom. The Kier molecular flexibility index (Phi) is 3.46. The van der Waals surface area contributed by atoms with Gasteiger partial charge < -0.3 is 15.2 Å². The molecule has 4 rings (SSSR count). The molecule has 1 aliphatic rings. The van der Waals surface area contributed by atoms with Crippen LogP contribution in [0.1, 0.15) is 23.3 Å². The first-order valence-corrected chi connectivity index (χ1v) is 7.90. The van der Waals surface area contributed by atoms with E-state index in [0.717, 1.165) is 29.8 Å². The molecule has 1 aromatic carbocycles. The number of H-pyrrole nitrogens is 1. The maximum Gasteiger partial charge on any atom is 0.272 e. The van der Waals surface area contributed by atoms with Crippen molar-refractivity contribution in [3.8, 4) is 0 Å². The second-order valence-corrected chi connectivity index (χ2v) is 5.82. The van der Waals surface area contributed by atoms with Crippen LogP contribution >= 0.6 is 0 Å². The van der Waals surface area contributed by atoms with Crippen molar-refractivity contribution in [3.63, 3.8) is 0 Å². The second-order valence-electron chi connectivity index (χ2n) is 5.82. The zero-order valence-corrected chi connectivity index (χ0v) is 12.7. The van der Waals surface area contributed by atoms with Gasteiger partial charge in [-0.05, 0) is 37.1 Å². The molecule has 116 valence electrons. The number of amides is 1. The smallest absolute Gasteiger partial charge is 0.272 e. The summed E-state index contributed by atoms with van der Waals surface area (Å²) in [5.41, 5.74) is 2.21. The van der Waals surface area contributed by atoms with Crippen molar-refractivity contribution in [2.24, 2.45) is 0 Å². The van der Waals surface area contributed by atoms with Gasteiger partial charge in [0.15, 0.2) is 0 Å². The number of anilines is 2. The van der Waals surface area contributed by atoms with Crippen LogP contribution in [-0.2, 0) is 0 Å². The Bertz CT molecular complexity index is 799. The molecule has 0 aliphatic carbocycles. The van der Waals surface area contributed by atoms with Crippen molar-refractivity contribution in [1.29, 1.82) is 0 Å². The number of aromatic amines is 1. The molecule has 1 amide bonds. The predicted molar refractivity (Wildman–Crippen MR) is 91.9 cm³/mol. The molecule has 3 heterocycles. The third-order valence-electron chi connectivity index (χ3n) is 4.21. The zero-order valence-electron chi connectivity index (χ0n) is 12.7. The SMILES string of the molecule is O=C(Nc1ccc(N2CCCC2)nc1)c1cc2ccccc2[nH]1. The van der Waals surface area contributed by atoms with Crippen molar-refractivity contribution in [3.05, 3.63) is 54.4 Å². The van der Waals surface area contributed by atoms with Crippen molar-refractivity contribution in [1.82, 2.24) is 9.97 Å².